The van der Waals surface area contributed by atoms with Gasteiger partial charge in [-0.15, -0.1) is 0 Å². The van der Waals surface area contributed by atoms with Gasteiger partial charge in [-0.1, -0.05) is 24.3 Å². The topological polar surface area (TPSA) is 48.0 Å². The lowest BCUT2D eigenvalue weighted by molar-refractivity contribution is -0.130. The summed E-state index contributed by atoms with van der Waals surface area (Å²) in [7, 11) is 3.39. The van der Waals surface area contributed by atoms with Crippen molar-refractivity contribution in [2.45, 2.75) is 12.8 Å². The smallest absolute Gasteiger partial charge is 0.222 e. The number of para-hydroxylation sites is 3. The molecule has 6 heteroatoms. The van der Waals surface area contributed by atoms with Crippen LogP contribution in [0.2, 0.25) is 0 Å². The highest BCUT2D eigenvalue weighted by atomic mass is 79.9. The molecule has 0 unspecified atom stereocenters. The third-order valence-corrected chi connectivity index (χ3v) is 4.46. The van der Waals surface area contributed by atoms with Crippen LogP contribution in [-0.2, 0) is 4.79 Å². The first-order valence-electron chi connectivity index (χ1n) is 8.49. The first-order chi connectivity index (χ1) is 12.6. The molecule has 0 aliphatic carbocycles. The fourth-order valence-corrected chi connectivity index (χ4v) is 2.71. The van der Waals surface area contributed by atoms with Crippen LogP contribution >= 0.6 is 15.9 Å². The number of ether oxygens (including phenoxy) is 3. The maximum absolute atomic E-state index is 12.2. The molecule has 0 radical (unpaired) electrons. The van der Waals surface area contributed by atoms with E-state index in [9.17, 15) is 4.79 Å². The average Bonchev–Trinajstić information content (AvgIpc) is 2.66. The van der Waals surface area contributed by atoms with Crippen molar-refractivity contribution >= 4 is 21.8 Å². The minimum absolute atomic E-state index is 0.0735. The second-order valence-corrected chi connectivity index (χ2v) is 6.55. The van der Waals surface area contributed by atoms with Crippen LogP contribution in [0.3, 0.4) is 0 Å². The number of likely N-dealkylation sites (N-methyl/N-ethyl adjacent to an activating group) is 1. The van der Waals surface area contributed by atoms with Crippen LogP contribution in [-0.4, -0.2) is 44.7 Å². The van der Waals surface area contributed by atoms with E-state index in [1.165, 1.54) is 0 Å². The number of nitrogens with zero attached hydrogens (tertiary/aromatic N) is 1. The van der Waals surface area contributed by atoms with Crippen LogP contribution < -0.4 is 14.2 Å². The van der Waals surface area contributed by atoms with E-state index < -0.39 is 0 Å². The minimum Gasteiger partial charge on any atom is -0.493 e. The predicted octanol–water partition coefficient (Wildman–Crippen LogP) is 4.15. The Labute approximate surface area is 163 Å². The van der Waals surface area contributed by atoms with Gasteiger partial charge in [-0.3, -0.25) is 4.79 Å². The van der Waals surface area contributed by atoms with Gasteiger partial charge in [-0.2, -0.15) is 0 Å². The zero-order chi connectivity index (χ0) is 18.8. The maximum Gasteiger partial charge on any atom is 0.222 e. The normalized spacial score (nSPS) is 10.3. The monoisotopic (exact) mass is 421 g/mol. The van der Waals surface area contributed by atoms with Gasteiger partial charge in [-0.25, -0.2) is 0 Å². The first-order valence-corrected chi connectivity index (χ1v) is 9.28. The highest BCUT2D eigenvalue weighted by molar-refractivity contribution is 9.10. The third-order valence-electron chi connectivity index (χ3n) is 3.81. The standard InChI is InChI=1S/C20H24BrNO4/c1-22(13-15-26-19-11-6-5-10-18(19)24-2)20(23)12-7-14-25-17-9-4-3-8-16(17)21/h3-6,8-11H,7,12-15H2,1-2H3. The fraction of sp³-hybridized carbons (Fsp3) is 0.350. The average molecular weight is 422 g/mol. The van der Waals surface area contributed by atoms with Crippen LogP contribution in [0, 0.1) is 0 Å². The van der Waals surface area contributed by atoms with Crippen LogP contribution in [0.5, 0.6) is 17.2 Å². The van der Waals surface area contributed by atoms with E-state index in [-0.39, 0.29) is 5.91 Å². The Kier molecular flexibility index (Phi) is 8.28. The molecule has 0 heterocycles. The number of carbonyl (C=O) groups is 1. The van der Waals surface area contributed by atoms with Gasteiger partial charge in [0.05, 0.1) is 24.7 Å². The van der Waals surface area contributed by atoms with Crippen molar-refractivity contribution in [2.75, 3.05) is 33.9 Å². The molecule has 0 spiro atoms. The largest absolute Gasteiger partial charge is 0.493 e. The molecule has 0 atom stereocenters. The van der Waals surface area contributed by atoms with Crippen molar-refractivity contribution in [1.29, 1.82) is 0 Å². The van der Waals surface area contributed by atoms with Gasteiger partial charge in [0.1, 0.15) is 12.4 Å². The van der Waals surface area contributed by atoms with Crippen molar-refractivity contribution in [1.82, 2.24) is 4.90 Å². The molecule has 0 aliphatic heterocycles. The number of hydrogen-bond donors (Lipinski definition) is 0. The molecule has 0 aromatic heterocycles. The van der Waals surface area contributed by atoms with Gasteiger partial charge in [0.15, 0.2) is 11.5 Å². The quantitative estimate of drug-likeness (QED) is 0.540. The molecule has 0 bridgehead atoms. The van der Waals surface area contributed by atoms with E-state index >= 15 is 0 Å². The summed E-state index contributed by atoms with van der Waals surface area (Å²) in [5, 5.41) is 0. The molecule has 26 heavy (non-hydrogen) atoms. The van der Waals surface area contributed by atoms with Crippen LogP contribution in [0.4, 0.5) is 0 Å². The first kappa shape index (κ1) is 20.1. The number of methoxy groups -OCH3 is 1. The molecule has 1 amide bonds. The van der Waals surface area contributed by atoms with Gasteiger partial charge >= 0.3 is 0 Å². The van der Waals surface area contributed by atoms with Gasteiger partial charge in [-0.05, 0) is 46.6 Å². The Bertz CT molecular complexity index is 708. The maximum atomic E-state index is 12.2. The molecular weight excluding hydrogens is 398 g/mol. The summed E-state index contributed by atoms with van der Waals surface area (Å²) in [6.07, 6.45) is 1.10. The number of carbonyl (C=O) groups excluding carboxylic acids is 1. The van der Waals surface area contributed by atoms with Crippen molar-refractivity contribution in [3.63, 3.8) is 0 Å². The van der Waals surface area contributed by atoms with Gasteiger partial charge < -0.3 is 19.1 Å². The summed E-state index contributed by atoms with van der Waals surface area (Å²) < 4.78 is 17.5. The van der Waals surface area contributed by atoms with E-state index in [1.807, 2.05) is 48.5 Å². The molecule has 0 aliphatic rings. The van der Waals surface area contributed by atoms with Crippen molar-refractivity contribution in [2.24, 2.45) is 0 Å². The molecule has 5 nitrogen and oxygen atoms in total. The summed E-state index contributed by atoms with van der Waals surface area (Å²) in [6, 6.07) is 15.1. The minimum atomic E-state index is 0.0735. The zero-order valence-electron chi connectivity index (χ0n) is 15.1. The van der Waals surface area contributed by atoms with Crippen molar-refractivity contribution in [3.8, 4) is 17.2 Å². The van der Waals surface area contributed by atoms with E-state index in [4.69, 9.17) is 14.2 Å². The Balaban J connectivity index is 1.65. The van der Waals surface area contributed by atoms with Crippen LogP contribution in [0.15, 0.2) is 53.0 Å². The van der Waals surface area contributed by atoms with Crippen LogP contribution in [0.1, 0.15) is 12.8 Å². The van der Waals surface area contributed by atoms with Gasteiger partial charge in [0.2, 0.25) is 5.91 Å². The van der Waals surface area contributed by atoms with Gasteiger partial charge in [0, 0.05) is 13.5 Å². The highest BCUT2D eigenvalue weighted by Gasteiger charge is 2.10. The van der Waals surface area contributed by atoms with E-state index in [2.05, 4.69) is 15.9 Å². The lowest BCUT2D eigenvalue weighted by atomic mass is 10.3. The van der Waals surface area contributed by atoms with E-state index in [1.54, 1.807) is 19.1 Å². The summed E-state index contributed by atoms with van der Waals surface area (Å²) in [5.74, 6) is 2.23. The lowest BCUT2D eigenvalue weighted by Gasteiger charge is -2.18. The van der Waals surface area contributed by atoms with Crippen LogP contribution in [0.25, 0.3) is 0 Å². The molecule has 0 fully saturated rings. The molecule has 2 aromatic rings. The highest BCUT2D eigenvalue weighted by Crippen LogP contribution is 2.25. The molecule has 2 aromatic carbocycles. The fourth-order valence-electron chi connectivity index (χ4n) is 2.31. The van der Waals surface area contributed by atoms with Crippen molar-refractivity contribution in [3.05, 3.63) is 53.0 Å². The number of benzene rings is 2. The summed E-state index contributed by atoms with van der Waals surface area (Å²) in [4.78, 5) is 13.8. The molecule has 0 saturated heterocycles. The summed E-state index contributed by atoms with van der Waals surface area (Å²) in [5.41, 5.74) is 0. The zero-order valence-corrected chi connectivity index (χ0v) is 16.7. The Morgan fingerprint density at radius 3 is 2.27 bits per heavy atom. The summed E-state index contributed by atoms with van der Waals surface area (Å²) >= 11 is 3.44. The van der Waals surface area contributed by atoms with Gasteiger partial charge in [0.25, 0.3) is 0 Å². The lowest BCUT2D eigenvalue weighted by Crippen LogP contribution is -2.31. The second kappa shape index (κ2) is 10.7. The SMILES string of the molecule is COc1ccccc1OCCN(C)C(=O)CCCOc1ccccc1Br. The third kappa shape index (κ3) is 6.26. The van der Waals surface area contributed by atoms with E-state index in [0.717, 1.165) is 10.2 Å². The van der Waals surface area contributed by atoms with Crippen molar-refractivity contribution < 1.29 is 19.0 Å². The Morgan fingerprint density at radius 1 is 0.962 bits per heavy atom. The number of halogens is 1. The second-order valence-electron chi connectivity index (χ2n) is 5.70. The predicted molar refractivity (Wildman–Crippen MR) is 105 cm³/mol. The molecule has 2 rings (SSSR count). The molecule has 140 valence electrons. The number of rotatable bonds is 10. The summed E-state index contributed by atoms with van der Waals surface area (Å²) in [6.45, 7) is 1.43. The number of amides is 1. The number of hydrogen-bond acceptors (Lipinski definition) is 4. The molecule has 0 saturated carbocycles. The Hall–Kier alpha value is -2.21. The molecular formula is C20H24BrNO4. The van der Waals surface area contributed by atoms with E-state index in [0.29, 0.717) is 44.1 Å². The molecule has 0 N–H and O–H groups in total. The Morgan fingerprint density at radius 2 is 1.58 bits per heavy atom.